The molecule has 0 spiro atoms. The normalized spacial score (nSPS) is 13.6. The zero-order valence-corrected chi connectivity index (χ0v) is 12.5. The van der Waals surface area contributed by atoms with E-state index in [9.17, 15) is 4.79 Å². The molecule has 0 unspecified atom stereocenters. The standard InChI is InChI=1S/C17H20N2O2/c1-13(8-10-18-2)4-5-14-6-7-16-15(12-14)19(3)17(20)9-11-21-16/h6-7,12,18H,1,8-11H2,2-3H3. The molecule has 1 aromatic rings. The Morgan fingerprint density at radius 3 is 3.10 bits per heavy atom. The van der Waals surface area contributed by atoms with Crippen molar-refractivity contribution < 1.29 is 9.53 Å². The molecule has 110 valence electrons. The van der Waals surface area contributed by atoms with Crippen LogP contribution in [-0.4, -0.2) is 33.2 Å². The number of benzene rings is 1. The van der Waals surface area contributed by atoms with Gasteiger partial charge in [0.1, 0.15) is 5.75 Å². The molecule has 1 aliphatic rings. The molecule has 0 saturated heterocycles. The predicted octanol–water partition coefficient (Wildman–Crippen LogP) is 1.95. The maximum Gasteiger partial charge on any atom is 0.230 e. The Balaban J connectivity index is 2.21. The summed E-state index contributed by atoms with van der Waals surface area (Å²) in [4.78, 5) is 13.5. The summed E-state index contributed by atoms with van der Waals surface area (Å²) in [5.74, 6) is 6.92. The molecule has 1 aromatic carbocycles. The fourth-order valence-corrected chi connectivity index (χ4v) is 2.03. The zero-order chi connectivity index (χ0) is 15.2. The van der Waals surface area contributed by atoms with Gasteiger partial charge in [-0.3, -0.25) is 4.79 Å². The number of ether oxygens (including phenoxy) is 1. The van der Waals surface area contributed by atoms with Crippen LogP contribution < -0.4 is 15.0 Å². The molecule has 0 fully saturated rings. The third-order valence-electron chi connectivity index (χ3n) is 3.33. The number of nitrogens with zero attached hydrogens (tertiary/aromatic N) is 1. The van der Waals surface area contributed by atoms with Crippen LogP contribution in [0.5, 0.6) is 5.75 Å². The first kappa shape index (κ1) is 15.1. The Labute approximate surface area is 125 Å². The maximum absolute atomic E-state index is 11.9. The van der Waals surface area contributed by atoms with E-state index >= 15 is 0 Å². The Hall–Kier alpha value is -2.25. The van der Waals surface area contributed by atoms with Gasteiger partial charge in [0.15, 0.2) is 0 Å². The fraction of sp³-hybridized carbons (Fsp3) is 0.353. The summed E-state index contributed by atoms with van der Waals surface area (Å²) in [6, 6.07) is 5.66. The van der Waals surface area contributed by atoms with E-state index in [-0.39, 0.29) is 5.91 Å². The van der Waals surface area contributed by atoms with Crippen LogP contribution in [-0.2, 0) is 4.79 Å². The molecule has 0 radical (unpaired) electrons. The van der Waals surface area contributed by atoms with Crippen molar-refractivity contribution >= 4 is 11.6 Å². The first-order chi connectivity index (χ1) is 10.1. The largest absolute Gasteiger partial charge is 0.491 e. The van der Waals surface area contributed by atoms with E-state index in [0.29, 0.717) is 13.0 Å². The van der Waals surface area contributed by atoms with Crippen LogP contribution in [0.1, 0.15) is 18.4 Å². The molecule has 2 rings (SSSR count). The highest BCUT2D eigenvalue weighted by Gasteiger charge is 2.19. The van der Waals surface area contributed by atoms with Crippen LogP contribution in [0.4, 0.5) is 5.69 Å². The van der Waals surface area contributed by atoms with Crippen molar-refractivity contribution in [1.82, 2.24) is 5.32 Å². The molecule has 0 saturated carbocycles. The summed E-state index contributed by atoms with van der Waals surface area (Å²) in [5.41, 5.74) is 2.51. The summed E-state index contributed by atoms with van der Waals surface area (Å²) >= 11 is 0. The van der Waals surface area contributed by atoms with Crippen molar-refractivity contribution in [3.8, 4) is 17.6 Å². The smallest absolute Gasteiger partial charge is 0.230 e. The number of rotatable bonds is 3. The van der Waals surface area contributed by atoms with Gasteiger partial charge in [-0.15, -0.1) is 0 Å². The maximum atomic E-state index is 11.9. The fourth-order valence-electron chi connectivity index (χ4n) is 2.03. The van der Waals surface area contributed by atoms with E-state index in [4.69, 9.17) is 4.74 Å². The number of nitrogens with one attached hydrogen (secondary N) is 1. The zero-order valence-electron chi connectivity index (χ0n) is 12.5. The lowest BCUT2D eigenvalue weighted by molar-refractivity contribution is -0.118. The highest BCUT2D eigenvalue weighted by molar-refractivity contribution is 5.95. The second-order valence-corrected chi connectivity index (χ2v) is 4.94. The lowest BCUT2D eigenvalue weighted by Crippen LogP contribution is -2.25. The number of hydrogen-bond donors (Lipinski definition) is 1. The molecule has 1 heterocycles. The number of hydrogen-bond acceptors (Lipinski definition) is 3. The van der Waals surface area contributed by atoms with Gasteiger partial charge in [0.2, 0.25) is 5.91 Å². The van der Waals surface area contributed by atoms with E-state index in [2.05, 4.69) is 23.7 Å². The third-order valence-corrected chi connectivity index (χ3v) is 3.33. The molecule has 1 amide bonds. The van der Waals surface area contributed by atoms with Crippen molar-refractivity contribution in [2.75, 3.05) is 32.1 Å². The van der Waals surface area contributed by atoms with Gasteiger partial charge in [0, 0.05) is 12.6 Å². The molecule has 0 bridgehead atoms. The van der Waals surface area contributed by atoms with E-state index in [1.54, 1.807) is 11.9 Å². The van der Waals surface area contributed by atoms with Crippen molar-refractivity contribution in [2.24, 2.45) is 0 Å². The van der Waals surface area contributed by atoms with Crippen LogP contribution in [0.15, 0.2) is 30.4 Å². The molecular weight excluding hydrogens is 264 g/mol. The van der Waals surface area contributed by atoms with Crippen molar-refractivity contribution in [3.63, 3.8) is 0 Å². The van der Waals surface area contributed by atoms with Gasteiger partial charge >= 0.3 is 0 Å². The number of carbonyl (C=O) groups excluding carboxylic acids is 1. The molecular formula is C17H20N2O2. The number of amides is 1. The Kier molecular flexibility index (Phi) is 5.02. The summed E-state index contributed by atoms with van der Waals surface area (Å²) < 4.78 is 5.59. The topological polar surface area (TPSA) is 41.6 Å². The third kappa shape index (κ3) is 3.87. The number of carbonyl (C=O) groups is 1. The molecule has 0 atom stereocenters. The number of fused-ring (bicyclic) bond motifs is 1. The quantitative estimate of drug-likeness (QED) is 0.863. The van der Waals surface area contributed by atoms with E-state index in [1.807, 2.05) is 25.2 Å². The van der Waals surface area contributed by atoms with Gasteiger partial charge in [-0.1, -0.05) is 18.4 Å². The first-order valence-electron chi connectivity index (χ1n) is 6.99. The molecule has 0 aliphatic carbocycles. The predicted molar refractivity (Wildman–Crippen MR) is 84.5 cm³/mol. The van der Waals surface area contributed by atoms with E-state index < -0.39 is 0 Å². The van der Waals surface area contributed by atoms with Gasteiger partial charge in [0.05, 0.1) is 18.7 Å². The minimum atomic E-state index is 0.0530. The van der Waals surface area contributed by atoms with Crippen LogP contribution in [0, 0.1) is 11.8 Å². The monoisotopic (exact) mass is 284 g/mol. The van der Waals surface area contributed by atoms with E-state index in [1.165, 1.54) is 0 Å². The van der Waals surface area contributed by atoms with Crippen LogP contribution in [0.3, 0.4) is 0 Å². The average Bonchev–Trinajstić information content (AvgIpc) is 2.63. The SMILES string of the molecule is C=C(C#Cc1ccc2c(c1)N(C)C(=O)CCO2)CCNC. The lowest BCUT2D eigenvalue weighted by Gasteiger charge is -2.16. The van der Waals surface area contributed by atoms with Gasteiger partial charge in [-0.05, 0) is 43.8 Å². The molecule has 4 heteroatoms. The second-order valence-electron chi connectivity index (χ2n) is 4.94. The average molecular weight is 284 g/mol. The van der Waals surface area contributed by atoms with Crippen molar-refractivity contribution in [1.29, 1.82) is 0 Å². The molecule has 0 aromatic heterocycles. The molecule has 1 N–H and O–H groups in total. The lowest BCUT2D eigenvalue weighted by atomic mass is 10.1. The Morgan fingerprint density at radius 1 is 1.52 bits per heavy atom. The highest BCUT2D eigenvalue weighted by Crippen LogP contribution is 2.31. The van der Waals surface area contributed by atoms with Crippen molar-refractivity contribution in [2.45, 2.75) is 12.8 Å². The van der Waals surface area contributed by atoms with Gasteiger partial charge in [0.25, 0.3) is 0 Å². The van der Waals surface area contributed by atoms with Gasteiger partial charge in [-0.25, -0.2) is 0 Å². The highest BCUT2D eigenvalue weighted by atomic mass is 16.5. The first-order valence-corrected chi connectivity index (χ1v) is 6.99. The van der Waals surface area contributed by atoms with Crippen LogP contribution >= 0.6 is 0 Å². The molecule has 21 heavy (non-hydrogen) atoms. The summed E-state index contributed by atoms with van der Waals surface area (Å²) in [6.45, 7) is 5.22. The number of anilines is 1. The summed E-state index contributed by atoms with van der Waals surface area (Å²) in [5, 5.41) is 3.07. The Bertz CT molecular complexity index is 611. The Morgan fingerprint density at radius 2 is 2.33 bits per heavy atom. The summed E-state index contributed by atoms with van der Waals surface area (Å²) in [7, 11) is 3.67. The van der Waals surface area contributed by atoms with Crippen molar-refractivity contribution in [3.05, 3.63) is 35.9 Å². The summed E-state index contributed by atoms with van der Waals surface area (Å²) in [6.07, 6.45) is 1.23. The minimum absolute atomic E-state index is 0.0530. The van der Waals surface area contributed by atoms with Crippen LogP contribution in [0.25, 0.3) is 0 Å². The van der Waals surface area contributed by atoms with Gasteiger partial charge in [-0.2, -0.15) is 0 Å². The second kappa shape index (κ2) is 6.96. The minimum Gasteiger partial charge on any atom is -0.491 e. The van der Waals surface area contributed by atoms with Crippen LogP contribution in [0.2, 0.25) is 0 Å². The van der Waals surface area contributed by atoms with Gasteiger partial charge < -0.3 is 15.0 Å². The molecule has 1 aliphatic heterocycles. The molecule has 4 nitrogen and oxygen atoms in total. The van der Waals surface area contributed by atoms with E-state index in [0.717, 1.165) is 35.5 Å².